The Morgan fingerprint density at radius 3 is 2.90 bits per heavy atom. The van der Waals surface area contributed by atoms with E-state index in [9.17, 15) is 9.65 Å². The number of aromatic nitrogens is 3. The zero-order valence-corrected chi connectivity index (χ0v) is 11.5. The van der Waals surface area contributed by atoms with Crippen molar-refractivity contribution in [3.8, 4) is 17.9 Å². The van der Waals surface area contributed by atoms with Crippen molar-refractivity contribution in [1.82, 2.24) is 14.5 Å². The molecule has 3 rings (SSSR count). The summed E-state index contributed by atoms with van der Waals surface area (Å²) in [5.74, 6) is 0.439. The third kappa shape index (κ3) is 2.09. The van der Waals surface area contributed by atoms with Gasteiger partial charge in [0.1, 0.15) is 11.9 Å². The van der Waals surface area contributed by atoms with Crippen LogP contribution in [0.4, 0.5) is 4.39 Å². The van der Waals surface area contributed by atoms with E-state index >= 15 is 0 Å². The van der Waals surface area contributed by atoms with Crippen LogP contribution < -0.4 is 4.74 Å². The van der Waals surface area contributed by atoms with Gasteiger partial charge in [0, 0.05) is 23.8 Å². The lowest BCUT2D eigenvalue weighted by molar-refractivity contribution is 0.396. The van der Waals surface area contributed by atoms with E-state index in [4.69, 9.17) is 4.74 Å². The molecule has 0 saturated carbocycles. The van der Waals surface area contributed by atoms with Crippen LogP contribution in [-0.2, 0) is 0 Å². The van der Waals surface area contributed by atoms with Gasteiger partial charge in [-0.2, -0.15) is 10.2 Å². The first kappa shape index (κ1) is 13.1. The van der Waals surface area contributed by atoms with Crippen molar-refractivity contribution in [2.45, 2.75) is 6.92 Å². The first-order valence-corrected chi connectivity index (χ1v) is 6.22. The SMILES string of the molecule is COc1ccnc(-n2cc(C#N)c3cc(F)c(C)cc32)n1. The third-order valence-electron chi connectivity index (χ3n) is 3.25. The van der Waals surface area contributed by atoms with Crippen LogP contribution in [0.2, 0.25) is 0 Å². The van der Waals surface area contributed by atoms with E-state index in [1.165, 1.54) is 13.2 Å². The minimum atomic E-state index is -0.344. The standard InChI is InChI=1S/C15H11FN4O/c1-9-5-13-11(6-12(9)16)10(7-17)8-20(13)15-18-4-3-14(19-15)21-2/h3-6,8H,1-2H3. The fourth-order valence-electron chi connectivity index (χ4n) is 2.17. The van der Waals surface area contributed by atoms with Crippen LogP contribution in [0.1, 0.15) is 11.1 Å². The molecule has 0 N–H and O–H groups in total. The van der Waals surface area contributed by atoms with Gasteiger partial charge in [-0.05, 0) is 24.6 Å². The van der Waals surface area contributed by atoms with E-state index in [1.54, 1.807) is 36.0 Å². The fraction of sp³-hybridized carbons (Fsp3) is 0.133. The number of hydrogen-bond acceptors (Lipinski definition) is 4. The average molecular weight is 282 g/mol. The van der Waals surface area contributed by atoms with Crippen molar-refractivity contribution in [3.05, 3.63) is 47.5 Å². The molecular formula is C15H11FN4O. The van der Waals surface area contributed by atoms with Crippen molar-refractivity contribution >= 4 is 10.9 Å². The smallest absolute Gasteiger partial charge is 0.237 e. The molecule has 104 valence electrons. The van der Waals surface area contributed by atoms with E-state index in [-0.39, 0.29) is 5.82 Å². The number of nitrogens with zero attached hydrogens (tertiary/aromatic N) is 4. The van der Waals surface area contributed by atoms with Gasteiger partial charge in [0.15, 0.2) is 0 Å². The normalized spacial score (nSPS) is 10.6. The highest BCUT2D eigenvalue weighted by atomic mass is 19.1. The second kappa shape index (κ2) is 4.87. The summed E-state index contributed by atoms with van der Waals surface area (Å²) in [6.07, 6.45) is 3.16. The van der Waals surface area contributed by atoms with Crippen LogP contribution in [0.3, 0.4) is 0 Å². The molecule has 21 heavy (non-hydrogen) atoms. The molecule has 3 aromatic rings. The van der Waals surface area contributed by atoms with Gasteiger partial charge in [-0.1, -0.05) is 0 Å². The minimum absolute atomic E-state index is 0.344. The molecule has 1 aromatic carbocycles. The Balaban J connectivity index is 2.32. The molecule has 0 radical (unpaired) electrons. The quantitative estimate of drug-likeness (QED) is 0.725. The van der Waals surface area contributed by atoms with E-state index in [0.29, 0.717) is 33.9 Å². The number of fused-ring (bicyclic) bond motifs is 1. The Labute approximate surface area is 120 Å². The predicted octanol–water partition coefficient (Wildman–Crippen LogP) is 2.75. The van der Waals surface area contributed by atoms with Crippen molar-refractivity contribution < 1.29 is 9.13 Å². The highest BCUT2D eigenvalue weighted by Gasteiger charge is 2.14. The van der Waals surface area contributed by atoms with E-state index < -0.39 is 0 Å². The first-order valence-electron chi connectivity index (χ1n) is 6.22. The van der Waals surface area contributed by atoms with Crippen LogP contribution in [0.25, 0.3) is 16.9 Å². The molecule has 2 heterocycles. The zero-order valence-electron chi connectivity index (χ0n) is 11.5. The summed E-state index contributed by atoms with van der Waals surface area (Å²) >= 11 is 0. The van der Waals surface area contributed by atoms with Crippen LogP contribution in [0.15, 0.2) is 30.6 Å². The highest BCUT2D eigenvalue weighted by Crippen LogP contribution is 2.26. The number of nitriles is 1. The van der Waals surface area contributed by atoms with E-state index in [2.05, 4.69) is 16.0 Å². The van der Waals surface area contributed by atoms with Gasteiger partial charge in [0.05, 0.1) is 18.2 Å². The predicted molar refractivity (Wildman–Crippen MR) is 74.8 cm³/mol. The summed E-state index contributed by atoms with van der Waals surface area (Å²) < 4.78 is 20.5. The average Bonchev–Trinajstić information content (AvgIpc) is 2.85. The molecule has 0 unspecified atom stereocenters. The molecule has 5 nitrogen and oxygen atoms in total. The van der Waals surface area contributed by atoms with Crippen LogP contribution in [0, 0.1) is 24.1 Å². The third-order valence-corrected chi connectivity index (χ3v) is 3.25. The van der Waals surface area contributed by atoms with Gasteiger partial charge in [0.2, 0.25) is 11.8 Å². The number of hydrogen-bond donors (Lipinski definition) is 0. The first-order chi connectivity index (χ1) is 10.1. The number of aryl methyl sites for hydroxylation is 1. The summed E-state index contributed by atoms with van der Waals surface area (Å²) in [6.45, 7) is 1.67. The molecule has 0 bridgehead atoms. The van der Waals surface area contributed by atoms with E-state index in [1.807, 2.05) is 0 Å². The second-order valence-corrected chi connectivity index (χ2v) is 4.54. The molecular weight excluding hydrogens is 271 g/mol. The molecule has 0 aliphatic rings. The molecule has 0 amide bonds. The molecule has 0 spiro atoms. The number of ether oxygens (including phenoxy) is 1. The number of rotatable bonds is 2. The lowest BCUT2D eigenvalue weighted by atomic mass is 10.1. The molecule has 6 heteroatoms. The Hall–Kier alpha value is -2.94. The largest absolute Gasteiger partial charge is 0.481 e. The van der Waals surface area contributed by atoms with Gasteiger partial charge in [-0.25, -0.2) is 9.37 Å². The molecule has 0 saturated heterocycles. The Kier molecular flexibility index (Phi) is 3.03. The Morgan fingerprint density at radius 2 is 2.19 bits per heavy atom. The highest BCUT2D eigenvalue weighted by molar-refractivity contribution is 5.88. The number of benzene rings is 1. The van der Waals surface area contributed by atoms with Crippen molar-refractivity contribution in [1.29, 1.82) is 5.26 Å². The molecule has 0 aliphatic heterocycles. The summed E-state index contributed by atoms with van der Waals surface area (Å²) in [6, 6.07) is 6.73. The van der Waals surface area contributed by atoms with Gasteiger partial charge in [-0.15, -0.1) is 0 Å². The number of methoxy groups -OCH3 is 1. The molecule has 0 fully saturated rings. The monoisotopic (exact) mass is 282 g/mol. The Morgan fingerprint density at radius 1 is 1.38 bits per heavy atom. The summed E-state index contributed by atoms with van der Waals surface area (Å²) in [7, 11) is 1.51. The van der Waals surface area contributed by atoms with Gasteiger partial charge >= 0.3 is 0 Å². The number of halogens is 1. The lowest BCUT2D eigenvalue weighted by Gasteiger charge is -2.05. The second-order valence-electron chi connectivity index (χ2n) is 4.54. The topological polar surface area (TPSA) is 63.7 Å². The summed E-state index contributed by atoms with van der Waals surface area (Å²) in [5, 5.41) is 9.74. The van der Waals surface area contributed by atoms with E-state index in [0.717, 1.165) is 0 Å². The summed E-state index contributed by atoms with van der Waals surface area (Å²) in [5.41, 5.74) is 1.54. The molecule has 2 aromatic heterocycles. The maximum Gasteiger partial charge on any atom is 0.237 e. The lowest BCUT2D eigenvalue weighted by Crippen LogP contribution is -2.01. The molecule has 0 atom stereocenters. The van der Waals surface area contributed by atoms with Gasteiger partial charge in [-0.3, -0.25) is 4.57 Å². The van der Waals surface area contributed by atoms with Crippen LogP contribution >= 0.6 is 0 Å². The van der Waals surface area contributed by atoms with Crippen molar-refractivity contribution in [2.75, 3.05) is 7.11 Å². The minimum Gasteiger partial charge on any atom is -0.481 e. The Bertz CT molecular complexity index is 879. The van der Waals surface area contributed by atoms with Crippen molar-refractivity contribution in [3.63, 3.8) is 0 Å². The van der Waals surface area contributed by atoms with Gasteiger partial charge in [0.25, 0.3) is 0 Å². The zero-order chi connectivity index (χ0) is 15.0. The van der Waals surface area contributed by atoms with Crippen LogP contribution in [-0.4, -0.2) is 21.6 Å². The van der Waals surface area contributed by atoms with Gasteiger partial charge < -0.3 is 4.74 Å². The maximum atomic E-state index is 13.7. The summed E-state index contributed by atoms with van der Waals surface area (Å²) in [4.78, 5) is 8.41. The fourth-order valence-corrected chi connectivity index (χ4v) is 2.17. The molecule has 0 aliphatic carbocycles. The maximum absolute atomic E-state index is 13.7. The van der Waals surface area contributed by atoms with Crippen LogP contribution in [0.5, 0.6) is 5.88 Å². The van der Waals surface area contributed by atoms with Crippen molar-refractivity contribution in [2.24, 2.45) is 0 Å².